The molecule has 0 spiro atoms. The SMILES string of the molecule is CC1CC1C(NC(=O)N1CCC(C)(C(=O)O)C1)c1ccc(Cl)cc1. The van der Waals surface area contributed by atoms with Gasteiger partial charge in [-0.15, -0.1) is 0 Å². The molecule has 1 heterocycles. The Hall–Kier alpha value is -1.75. The number of carboxylic acid groups (broad SMARTS) is 1. The molecular weight excluding hydrogens is 328 g/mol. The molecule has 0 radical (unpaired) electrons. The summed E-state index contributed by atoms with van der Waals surface area (Å²) < 4.78 is 0. The summed E-state index contributed by atoms with van der Waals surface area (Å²) in [6.45, 7) is 4.60. The normalized spacial score (nSPS) is 30.0. The summed E-state index contributed by atoms with van der Waals surface area (Å²) in [7, 11) is 0. The Bertz CT molecular complexity index is 648. The van der Waals surface area contributed by atoms with Gasteiger partial charge in [0.05, 0.1) is 11.5 Å². The van der Waals surface area contributed by atoms with Crippen molar-refractivity contribution in [3.05, 3.63) is 34.9 Å². The molecule has 1 aliphatic heterocycles. The van der Waals surface area contributed by atoms with Crippen molar-refractivity contribution in [1.82, 2.24) is 10.2 Å². The highest BCUT2D eigenvalue weighted by atomic mass is 35.5. The average molecular weight is 351 g/mol. The minimum Gasteiger partial charge on any atom is -0.481 e. The fraction of sp³-hybridized carbons (Fsp3) is 0.556. The van der Waals surface area contributed by atoms with E-state index in [2.05, 4.69) is 12.2 Å². The van der Waals surface area contributed by atoms with Gasteiger partial charge in [-0.1, -0.05) is 30.7 Å². The maximum absolute atomic E-state index is 12.6. The number of aliphatic carboxylic acids is 1. The van der Waals surface area contributed by atoms with Crippen molar-refractivity contribution in [2.24, 2.45) is 17.3 Å². The minimum atomic E-state index is -0.847. The number of halogens is 1. The second-order valence-electron chi connectivity index (χ2n) is 7.39. The highest BCUT2D eigenvalue weighted by Crippen LogP contribution is 2.47. The van der Waals surface area contributed by atoms with Gasteiger partial charge in [0.15, 0.2) is 0 Å². The number of nitrogens with one attached hydrogen (secondary N) is 1. The van der Waals surface area contributed by atoms with Gasteiger partial charge in [-0.25, -0.2) is 4.79 Å². The Kier molecular flexibility index (Phi) is 4.47. The number of urea groups is 1. The van der Waals surface area contributed by atoms with Crippen LogP contribution in [0.4, 0.5) is 4.79 Å². The van der Waals surface area contributed by atoms with Crippen molar-refractivity contribution in [1.29, 1.82) is 0 Å². The molecular formula is C18H23ClN2O3. The summed E-state index contributed by atoms with van der Waals surface area (Å²) in [6.07, 6.45) is 1.57. The first-order valence-electron chi connectivity index (χ1n) is 8.34. The van der Waals surface area contributed by atoms with Crippen LogP contribution in [0.25, 0.3) is 0 Å². The van der Waals surface area contributed by atoms with E-state index in [4.69, 9.17) is 11.6 Å². The molecule has 5 nitrogen and oxygen atoms in total. The number of hydrogen-bond acceptors (Lipinski definition) is 2. The largest absolute Gasteiger partial charge is 0.481 e. The summed E-state index contributed by atoms with van der Waals surface area (Å²) in [5, 5.41) is 13.1. The maximum atomic E-state index is 12.6. The highest BCUT2D eigenvalue weighted by molar-refractivity contribution is 6.30. The summed E-state index contributed by atoms with van der Waals surface area (Å²) in [5.74, 6) is 0.153. The predicted octanol–water partition coefficient (Wildman–Crippen LogP) is 3.54. The maximum Gasteiger partial charge on any atom is 0.317 e. The molecule has 1 aromatic rings. The van der Waals surface area contributed by atoms with Gasteiger partial charge in [0.1, 0.15) is 0 Å². The van der Waals surface area contributed by atoms with Crippen LogP contribution in [-0.2, 0) is 4.79 Å². The second kappa shape index (κ2) is 6.28. The molecule has 4 atom stereocenters. The van der Waals surface area contributed by atoms with Gasteiger partial charge in [-0.3, -0.25) is 4.79 Å². The predicted molar refractivity (Wildman–Crippen MR) is 91.9 cm³/mol. The zero-order chi connectivity index (χ0) is 17.5. The lowest BCUT2D eigenvalue weighted by Gasteiger charge is -2.25. The van der Waals surface area contributed by atoms with E-state index in [1.165, 1.54) is 0 Å². The molecule has 1 saturated carbocycles. The van der Waals surface area contributed by atoms with Crippen LogP contribution in [0.15, 0.2) is 24.3 Å². The molecule has 1 aromatic carbocycles. The van der Waals surface area contributed by atoms with Crippen LogP contribution in [0, 0.1) is 17.3 Å². The minimum absolute atomic E-state index is 0.0542. The first-order valence-corrected chi connectivity index (χ1v) is 8.72. The summed E-state index contributed by atoms with van der Waals surface area (Å²) in [6, 6.07) is 7.33. The van der Waals surface area contributed by atoms with Crippen LogP contribution in [0.1, 0.15) is 38.3 Å². The lowest BCUT2D eigenvalue weighted by atomic mass is 9.90. The Balaban J connectivity index is 1.71. The second-order valence-corrected chi connectivity index (χ2v) is 7.83. The van der Waals surface area contributed by atoms with E-state index in [1.54, 1.807) is 11.8 Å². The molecule has 2 N–H and O–H groups in total. The van der Waals surface area contributed by atoms with Gasteiger partial charge in [-0.05, 0) is 49.3 Å². The number of rotatable bonds is 4. The molecule has 2 amide bonds. The summed E-state index contributed by atoms with van der Waals surface area (Å²) in [5.41, 5.74) is 0.197. The molecule has 1 saturated heterocycles. The third-order valence-electron chi connectivity index (χ3n) is 5.38. The smallest absolute Gasteiger partial charge is 0.317 e. The van der Waals surface area contributed by atoms with Crippen molar-refractivity contribution >= 4 is 23.6 Å². The van der Waals surface area contributed by atoms with Crippen molar-refractivity contribution in [2.75, 3.05) is 13.1 Å². The number of benzene rings is 1. The number of nitrogens with zero attached hydrogens (tertiary/aromatic N) is 1. The molecule has 6 heteroatoms. The Morgan fingerprint density at radius 3 is 2.50 bits per heavy atom. The monoisotopic (exact) mass is 350 g/mol. The number of likely N-dealkylation sites (tertiary alicyclic amines) is 1. The van der Waals surface area contributed by atoms with Crippen LogP contribution in [-0.4, -0.2) is 35.1 Å². The Labute approximate surface area is 147 Å². The van der Waals surface area contributed by atoms with E-state index >= 15 is 0 Å². The highest BCUT2D eigenvalue weighted by Gasteiger charge is 2.45. The van der Waals surface area contributed by atoms with Crippen LogP contribution in [0.2, 0.25) is 5.02 Å². The van der Waals surface area contributed by atoms with Gasteiger partial charge in [0.25, 0.3) is 0 Å². The van der Waals surface area contributed by atoms with Gasteiger partial charge in [-0.2, -0.15) is 0 Å². The number of carbonyl (C=O) groups is 2. The fourth-order valence-corrected chi connectivity index (χ4v) is 3.58. The molecule has 24 heavy (non-hydrogen) atoms. The molecule has 130 valence electrons. The Morgan fingerprint density at radius 1 is 1.38 bits per heavy atom. The van der Waals surface area contributed by atoms with E-state index in [0.717, 1.165) is 12.0 Å². The molecule has 2 fully saturated rings. The zero-order valence-electron chi connectivity index (χ0n) is 14.0. The van der Waals surface area contributed by atoms with E-state index in [-0.39, 0.29) is 18.6 Å². The number of carbonyl (C=O) groups excluding carboxylic acids is 1. The quantitative estimate of drug-likeness (QED) is 0.872. The van der Waals surface area contributed by atoms with E-state index < -0.39 is 11.4 Å². The first kappa shape index (κ1) is 17.1. The molecule has 0 aromatic heterocycles. The van der Waals surface area contributed by atoms with E-state index in [1.807, 2.05) is 24.3 Å². The molecule has 4 unspecified atom stereocenters. The summed E-state index contributed by atoms with van der Waals surface area (Å²) >= 11 is 5.96. The molecule has 2 aliphatic rings. The third kappa shape index (κ3) is 3.36. The molecule has 1 aliphatic carbocycles. The average Bonchev–Trinajstić information content (AvgIpc) is 3.10. The fourth-order valence-electron chi connectivity index (χ4n) is 3.46. The Morgan fingerprint density at radius 2 is 2.00 bits per heavy atom. The number of carboxylic acids is 1. The third-order valence-corrected chi connectivity index (χ3v) is 5.64. The van der Waals surface area contributed by atoms with Crippen molar-refractivity contribution in [3.63, 3.8) is 0 Å². The van der Waals surface area contributed by atoms with E-state index in [0.29, 0.717) is 29.8 Å². The first-order chi connectivity index (χ1) is 11.3. The van der Waals surface area contributed by atoms with Crippen LogP contribution < -0.4 is 5.32 Å². The lowest BCUT2D eigenvalue weighted by molar-refractivity contribution is -0.147. The standard InChI is InChI=1S/C18H23ClN2O3/c1-11-9-14(11)15(12-3-5-13(19)6-4-12)20-17(24)21-8-7-18(2,10-21)16(22)23/h3-6,11,14-15H,7-10H2,1-2H3,(H,20,24)(H,22,23). The molecule has 3 rings (SSSR count). The summed E-state index contributed by atoms with van der Waals surface area (Å²) in [4.78, 5) is 25.6. The molecule has 0 bridgehead atoms. The van der Waals surface area contributed by atoms with Gasteiger partial charge < -0.3 is 15.3 Å². The van der Waals surface area contributed by atoms with Crippen molar-refractivity contribution < 1.29 is 14.7 Å². The van der Waals surface area contributed by atoms with Gasteiger partial charge in [0.2, 0.25) is 0 Å². The van der Waals surface area contributed by atoms with Crippen LogP contribution in [0.5, 0.6) is 0 Å². The zero-order valence-corrected chi connectivity index (χ0v) is 14.7. The number of hydrogen-bond donors (Lipinski definition) is 2. The van der Waals surface area contributed by atoms with Crippen LogP contribution in [0.3, 0.4) is 0 Å². The van der Waals surface area contributed by atoms with Gasteiger partial charge in [0, 0.05) is 18.1 Å². The van der Waals surface area contributed by atoms with E-state index in [9.17, 15) is 14.7 Å². The van der Waals surface area contributed by atoms with Crippen molar-refractivity contribution in [2.45, 2.75) is 32.7 Å². The number of amides is 2. The van der Waals surface area contributed by atoms with Crippen molar-refractivity contribution in [3.8, 4) is 0 Å². The van der Waals surface area contributed by atoms with Gasteiger partial charge >= 0.3 is 12.0 Å². The lowest BCUT2D eigenvalue weighted by Crippen LogP contribution is -2.43. The topological polar surface area (TPSA) is 69.6 Å². The van der Waals surface area contributed by atoms with Crippen LogP contribution >= 0.6 is 11.6 Å².